The molecule has 0 radical (unpaired) electrons. The van der Waals surface area contributed by atoms with Gasteiger partial charge in [-0.05, 0) is 36.5 Å². The van der Waals surface area contributed by atoms with Crippen LogP contribution in [0.2, 0.25) is 0 Å². The van der Waals surface area contributed by atoms with Crippen LogP contribution in [0, 0.1) is 11.7 Å². The van der Waals surface area contributed by atoms with Crippen molar-refractivity contribution in [2.45, 2.75) is 36.9 Å². The Balaban J connectivity index is 2.27. The minimum absolute atomic E-state index is 0.0251. The lowest BCUT2D eigenvalue weighted by Gasteiger charge is -2.40. The van der Waals surface area contributed by atoms with Gasteiger partial charge in [-0.25, -0.2) is 17.8 Å². The molecule has 3 rings (SSSR count). The van der Waals surface area contributed by atoms with Gasteiger partial charge in [-0.1, -0.05) is 31.4 Å². The van der Waals surface area contributed by atoms with Crippen LogP contribution >= 0.6 is 11.3 Å². The van der Waals surface area contributed by atoms with E-state index in [-0.39, 0.29) is 11.7 Å². The number of halogens is 1. The highest BCUT2D eigenvalue weighted by atomic mass is 32.2. The first-order valence-corrected chi connectivity index (χ1v) is 10.6. The smallest absolute Gasteiger partial charge is 0.164 e. The Bertz CT molecular complexity index is 750. The van der Waals surface area contributed by atoms with E-state index < -0.39 is 14.6 Å². The van der Waals surface area contributed by atoms with Gasteiger partial charge in [0.25, 0.3) is 0 Å². The van der Waals surface area contributed by atoms with Crippen LogP contribution in [0.4, 0.5) is 4.39 Å². The number of thiazole rings is 1. The predicted octanol–water partition coefficient (Wildman–Crippen LogP) is 4.15. The van der Waals surface area contributed by atoms with E-state index in [1.54, 1.807) is 18.3 Å². The molecule has 1 heterocycles. The Morgan fingerprint density at radius 1 is 1.17 bits per heavy atom. The van der Waals surface area contributed by atoms with Gasteiger partial charge in [-0.3, -0.25) is 0 Å². The molecule has 0 bridgehead atoms. The van der Waals surface area contributed by atoms with Crippen LogP contribution in [0.1, 0.15) is 42.7 Å². The molecule has 1 aliphatic carbocycles. The summed E-state index contributed by atoms with van der Waals surface area (Å²) in [5, 5.41) is 2.40. The number of nitrogens with zero attached hydrogens (tertiary/aromatic N) is 1. The second-order valence-corrected chi connectivity index (χ2v) is 9.27. The highest BCUT2D eigenvalue weighted by Gasteiger charge is 2.52. The summed E-state index contributed by atoms with van der Waals surface area (Å²) < 4.78 is 38.2. The van der Waals surface area contributed by atoms with Crippen LogP contribution in [0.25, 0.3) is 0 Å². The van der Waals surface area contributed by atoms with Gasteiger partial charge in [-0.2, -0.15) is 0 Å². The van der Waals surface area contributed by atoms with Gasteiger partial charge in [-0.15, -0.1) is 11.3 Å². The van der Waals surface area contributed by atoms with Gasteiger partial charge in [0.05, 0.1) is 0 Å². The molecule has 6 heteroatoms. The van der Waals surface area contributed by atoms with Crippen molar-refractivity contribution in [3.05, 3.63) is 52.2 Å². The number of hydrogen-bond donors (Lipinski definition) is 0. The van der Waals surface area contributed by atoms with Gasteiger partial charge < -0.3 is 0 Å². The van der Waals surface area contributed by atoms with Gasteiger partial charge in [0.1, 0.15) is 10.8 Å². The van der Waals surface area contributed by atoms with Crippen molar-refractivity contribution in [2.75, 3.05) is 6.26 Å². The minimum atomic E-state index is -3.49. The zero-order chi connectivity index (χ0) is 16.5. The third-order valence-corrected chi connectivity index (χ3v) is 7.76. The van der Waals surface area contributed by atoms with E-state index in [9.17, 15) is 12.8 Å². The molecular weight excluding hydrogens is 333 g/mol. The highest BCUT2D eigenvalue weighted by molar-refractivity contribution is 7.92. The Kier molecular flexibility index (Phi) is 4.56. The average molecular weight is 353 g/mol. The third kappa shape index (κ3) is 2.83. The van der Waals surface area contributed by atoms with Gasteiger partial charge in [0.2, 0.25) is 0 Å². The summed E-state index contributed by atoms with van der Waals surface area (Å²) in [5.41, 5.74) is 0.628. The quantitative estimate of drug-likeness (QED) is 0.829. The monoisotopic (exact) mass is 353 g/mol. The van der Waals surface area contributed by atoms with Crippen molar-refractivity contribution in [1.82, 2.24) is 4.98 Å². The van der Waals surface area contributed by atoms with Crippen molar-refractivity contribution in [1.29, 1.82) is 0 Å². The molecule has 0 N–H and O–H groups in total. The van der Waals surface area contributed by atoms with Crippen molar-refractivity contribution in [3.63, 3.8) is 0 Å². The number of benzene rings is 1. The molecule has 124 valence electrons. The third-order valence-electron chi connectivity index (χ3n) is 4.79. The molecule has 0 aliphatic heterocycles. The molecule has 1 saturated carbocycles. The van der Waals surface area contributed by atoms with Crippen LogP contribution in [0.3, 0.4) is 0 Å². The number of rotatable bonds is 4. The largest absolute Gasteiger partial charge is 0.248 e. The molecule has 1 unspecified atom stereocenters. The predicted molar refractivity (Wildman–Crippen MR) is 90.7 cm³/mol. The van der Waals surface area contributed by atoms with Crippen molar-refractivity contribution >= 4 is 21.2 Å². The van der Waals surface area contributed by atoms with Gasteiger partial charge in [0, 0.05) is 17.8 Å². The lowest BCUT2D eigenvalue weighted by molar-refractivity contribution is 0.295. The van der Waals surface area contributed by atoms with Crippen LogP contribution in [0.15, 0.2) is 35.8 Å². The fourth-order valence-electron chi connectivity index (χ4n) is 3.82. The van der Waals surface area contributed by atoms with Crippen LogP contribution in [-0.4, -0.2) is 19.7 Å². The fourth-order valence-corrected chi connectivity index (χ4v) is 7.03. The topological polar surface area (TPSA) is 47.0 Å². The van der Waals surface area contributed by atoms with E-state index in [0.717, 1.165) is 32.1 Å². The van der Waals surface area contributed by atoms with Crippen LogP contribution in [0.5, 0.6) is 0 Å². The van der Waals surface area contributed by atoms with Crippen molar-refractivity contribution < 1.29 is 12.8 Å². The van der Waals surface area contributed by atoms with Crippen molar-refractivity contribution in [3.8, 4) is 0 Å². The zero-order valence-electron chi connectivity index (χ0n) is 13.0. The molecule has 1 fully saturated rings. The van der Waals surface area contributed by atoms with E-state index in [0.29, 0.717) is 10.6 Å². The first-order valence-electron chi connectivity index (χ1n) is 7.82. The standard InChI is InChI=1S/C17H20FNO2S2/c1-23(20,21)17(16-19-11-12-22-16,13-5-3-2-4-6-13)14-7-9-15(18)10-8-14/h7-13H,2-6H2,1H3. The molecule has 23 heavy (non-hydrogen) atoms. The Labute approximate surface area is 140 Å². The van der Waals surface area contributed by atoms with E-state index in [1.165, 1.54) is 29.7 Å². The number of aromatic nitrogens is 1. The van der Waals surface area contributed by atoms with Crippen LogP contribution in [-0.2, 0) is 14.6 Å². The lowest BCUT2D eigenvalue weighted by Crippen LogP contribution is -2.44. The summed E-state index contributed by atoms with van der Waals surface area (Å²) in [6.45, 7) is 0. The summed E-state index contributed by atoms with van der Waals surface area (Å²) in [7, 11) is -3.49. The Morgan fingerprint density at radius 2 is 1.83 bits per heavy atom. The summed E-state index contributed by atoms with van der Waals surface area (Å²) in [5.74, 6) is -0.387. The summed E-state index contributed by atoms with van der Waals surface area (Å²) in [6, 6.07) is 5.89. The first-order chi connectivity index (χ1) is 11.0. The molecule has 1 atom stereocenters. The zero-order valence-corrected chi connectivity index (χ0v) is 14.7. The second kappa shape index (κ2) is 6.32. The second-order valence-electron chi connectivity index (χ2n) is 6.19. The first kappa shape index (κ1) is 16.6. The van der Waals surface area contributed by atoms with E-state index >= 15 is 0 Å². The fraction of sp³-hybridized carbons (Fsp3) is 0.471. The minimum Gasteiger partial charge on any atom is -0.248 e. The highest BCUT2D eigenvalue weighted by Crippen LogP contribution is 2.49. The van der Waals surface area contributed by atoms with E-state index in [1.807, 2.05) is 5.38 Å². The Hall–Kier alpha value is -1.27. The maximum Gasteiger partial charge on any atom is 0.164 e. The molecule has 0 amide bonds. The summed E-state index contributed by atoms with van der Waals surface area (Å²) in [6.07, 6.45) is 7.81. The number of hydrogen-bond acceptors (Lipinski definition) is 4. The maximum atomic E-state index is 13.4. The average Bonchev–Trinajstić information content (AvgIpc) is 3.04. The molecular formula is C17H20FNO2S2. The van der Waals surface area contributed by atoms with Crippen molar-refractivity contribution in [2.24, 2.45) is 5.92 Å². The molecule has 0 saturated heterocycles. The van der Waals surface area contributed by atoms with Gasteiger partial charge >= 0.3 is 0 Å². The normalized spacial score (nSPS) is 19.4. The molecule has 2 aromatic rings. The number of sulfone groups is 1. The van der Waals surface area contributed by atoms with Gasteiger partial charge in [0.15, 0.2) is 14.6 Å². The van der Waals surface area contributed by atoms with Crippen LogP contribution < -0.4 is 0 Å². The molecule has 1 aliphatic rings. The maximum absolute atomic E-state index is 13.4. The molecule has 1 aromatic carbocycles. The molecule has 3 nitrogen and oxygen atoms in total. The lowest BCUT2D eigenvalue weighted by atomic mass is 9.76. The van der Waals surface area contributed by atoms with E-state index in [4.69, 9.17) is 0 Å². The summed E-state index contributed by atoms with van der Waals surface area (Å²) >= 11 is 1.37. The molecule has 1 aromatic heterocycles. The van der Waals surface area contributed by atoms with E-state index in [2.05, 4.69) is 4.98 Å². The molecule has 0 spiro atoms. The summed E-state index contributed by atoms with van der Waals surface area (Å²) in [4.78, 5) is 4.37. The SMILES string of the molecule is CS(=O)(=O)C(c1ccc(F)cc1)(c1nccs1)C1CCCCC1. The Morgan fingerprint density at radius 3 is 2.35 bits per heavy atom.